The Morgan fingerprint density at radius 2 is 1.79 bits per heavy atom. The van der Waals surface area contributed by atoms with Gasteiger partial charge >= 0.3 is 0 Å². The Balaban J connectivity index is 0.000000553. The molecule has 0 bridgehead atoms. The van der Waals surface area contributed by atoms with Gasteiger partial charge in [0.25, 0.3) is 6.47 Å². The van der Waals surface area contributed by atoms with Crippen molar-refractivity contribution in [1.82, 2.24) is 0 Å². The Kier molecular flexibility index (Phi) is 18.1. The minimum Gasteiger partial charge on any atom is -0.471 e. The van der Waals surface area contributed by atoms with Gasteiger partial charge in [-0.3, -0.25) is 9.59 Å². The maximum atomic E-state index is 11.1. The molecule has 0 aromatic heterocycles. The molecule has 1 aliphatic carbocycles. The molecule has 1 fully saturated rings. The van der Waals surface area contributed by atoms with Gasteiger partial charge in [0, 0.05) is 12.8 Å². The van der Waals surface area contributed by atoms with E-state index in [0.717, 1.165) is 32.1 Å². The molecule has 0 saturated heterocycles. The van der Waals surface area contributed by atoms with E-state index in [4.69, 9.17) is 4.79 Å². The summed E-state index contributed by atoms with van der Waals surface area (Å²) in [5, 5.41) is 0. The largest absolute Gasteiger partial charge is 0.471 e. The Bertz CT molecular complexity index is 546. The second kappa shape index (κ2) is 19.6. The van der Waals surface area contributed by atoms with E-state index < -0.39 is 0 Å². The van der Waals surface area contributed by atoms with Crippen LogP contribution in [0.3, 0.4) is 0 Å². The number of ether oxygens (including phenoxy) is 1. The molecule has 2 rings (SSSR count). The lowest BCUT2D eigenvalue weighted by molar-refractivity contribution is -0.126. The zero-order chi connectivity index (χ0) is 20.9. The Hall–Kier alpha value is -2.16. The first-order valence-electron chi connectivity index (χ1n) is 10.5. The molecule has 28 heavy (non-hydrogen) atoms. The molecule has 1 aromatic rings. The van der Waals surface area contributed by atoms with Crippen LogP contribution in [0.15, 0.2) is 54.6 Å². The summed E-state index contributed by atoms with van der Waals surface area (Å²) in [6.45, 7) is 4.65. The zero-order valence-electron chi connectivity index (χ0n) is 17.9. The van der Waals surface area contributed by atoms with Gasteiger partial charge in [-0.25, -0.2) is 0 Å². The number of unbranched alkanes of at least 4 members (excludes halogenated alkanes) is 3. The van der Waals surface area contributed by atoms with Crippen molar-refractivity contribution < 1.29 is 14.3 Å². The molecular weight excluding hydrogens is 348 g/mol. The van der Waals surface area contributed by atoms with Crippen molar-refractivity contribution >= 4 is 12.3 Å². The van der Waals surface area contributed by atoms with Gasteiger partial charge in [-0.1, -0.05) is 74.4 Å². The van der Waals surface area contributed by atoms with Crippen LogP contribution in [-0.4, -0.2) is 19.4 Å². The zero-order valence-corrected chi connectivity index (χ0v) is 17.9. The fourth-order valence-electron chi connectivity index (χ4n) is 2.85. The van der Waals surface area contributed by atoms with Crippen LogP contribution in [0.5, 0.6) is 0 Å². The second-order valence-electron chi connectivity index (χ2n) is 6.89. The molecule has 1 unspecified atom stereocenters. The van der Waals surface area contributed by atoms with E-state index in [2.05, 4.69) is 73.2 Å². The molecule has 1 aliphatic rings. The molecule has 156 valence electrons. The average Bonchev–Trinajstić information content (AvgIpc) is 3.15. The van der Waals surface area contributed by atoms with Crippen molar-refractivity contribution in [1.29, 1.82) is 0 Å². The molecule has 3 nitrogen and oxygen atoms in total. The van der Waals surface area contributed by atoms with Crippen LogP contribution in [0.2, 0.25) is 0 Å². The number of carbonyl (C=O) groups is 2. The van der Waals surface area contributed by atoms with E-state index in [0.29, 0.717) is 18.2 Å². The summed E-state index contributed by atoms with van der Waals surface area (Å²) in [4.78, 5) is 20.0. The Morgan fingerprint density at radius 1 is 1.11 bits per heavy atom. The van der Waals surface area contributed by atoms with Crippen molar-refractivity contribution in [2.45, 2.75) is 71.6 Å². The maximum absolute atomic E-state index is 11.1. The summed E-state index contributed by atoms with van der Waals surface area (Å²) < 4.78 is 3.86. The van der Waals surface area contributed by atoms with Gasteiger partial charge in [0.15, 0.2) is 0 Å². The summed E-state index contributed by atoms with van der Waals surface area (Å²) in [5.74, 6) is 0.961. The van der Waals surface area contributed by atoms with Crippen LogP contribution >= 0.6 is 0 Å². The number of allylic oxidation sites excluding steroid dienone is 4. The van der Waals surface area contributed by atoms with Gasteiger partial charge in [0.05, 0.1) is 7.11 Å². The highest BCUT2D eigenvalue weighted by Crippen LogP contribution is 2.23. The summed E-state index contributed by atoms with van der Waals surface area (Å²) in [6.07, 6.45) is 18.8. The third-order valence-corrected chi connectivity index (χ3v) is 4.43. The lowest BCUT2D eigenvalue weighted by atomic mass is 10.1. The van der Waals surface area contributed by atoms with Gasteiger partial charge in [-0.05, 0) is 50.5 Å². The van der Waals surface area contributed by atoms with Gasteiger partial charge in [0.2, 0.25) is 0 Å². The maximum Gasteiger partial charge on any atom is 0.292 e. The molecule has 1 aromatic carbocycles. The van der Waals surface area contributed by atoms with E-state index in [-0.39, 0.29) is 0 Å². The number of benzene rings is 1. The molecule has 0 spiro atoms. The number of methoxy groups -OCH3 is 1. The molecule has 0 radical (unpaired) electrons. The highest BCUT2D eigenvalue weighted by Gasteiger charge is 2.18. The highest BCUT2D eigenvalue weighted by atomic mass is 16.5. The van der Waals surface area contributed by atoms with Gasteiger partial charge in [-0.15, -0.1) is 0 Å². The van der Waals surface area contributed by atoms with Crippen LogP contribution < -0.4 is 0 Å². The summed E-state index contributed by atoms with van der Waals surface area (Å²) in [7, 11) is 1.31. The monoisotopic (exact) mass is 386 g/mol. The minimum atomic E-state index is 0.375. The number of hydrogen-bond donors (Lipinski definition) is 0. The van der Waals surface area contributed by atoms with E-state index in [1.54, 1.807) is 0 Å². The molecule has 0 aliphatic heterocycles. The van der Waals surface area contributed by atoms with Crippen LogP contribution in [-0.2, 0) is 20.7 Å². The molecule has 3 heteroatoms. The predicted molar refractivity (Wildman–Crippen MR) is 118 cm³/mol. The van der Waals surface area contributed by atoms with Gasteiger partial charge in [0.1, 0.15) is 5.78 Å². The number of hydrogen-bond acceptors (Lipinski definition) is 3. The Labute approximate surface area is 171 Å². The fourth-order valence-corrected chi connectivity index (χ4v) is 2.85. The lowest BCUT2D eigenvalue weighted by Crippen LogP contribution is -1.90. The first kappa shape index (κ1) is 25.8. The fraction of sp³-hybridized carbons (Fsp3) is 0.520. The summed E-state index contributed by atoms with van der Waals surface area (Å²) in [6, 6.07) is 10.6. The third-order valence-electron chi connectivity index (χ3n) is 4.43. The number of rotatable bonds is 9. The number of carbonyl (C=O) groups excluding carboxylic acids is 2. The normalized spacial score (nSPS) is 15.7. The van der Waals surface area contributed by atoms with Crippen LogP contribution in [0.25, 0.3) is 0 Å². The molecular formula is C25H38O3. The van der Waals surface area contributed by atoms with Crippen molar-refractivity contribution in [2.24, 2.45) is 5.92 Å². The summed E-state index contributed by atoms with van der Waals surface area (Å²) >= 11 is 0. The molecule has 1 atom stereocenters. The van der Waals surface area contributed by atoms with E-state index in [1.807, 2.05) is 0 Å². The number of Topliss-reactive ketones (excluding diaryl/α,β-unsaturated/α-hetero) is 1. The van der Waals surface area contributed by atoms with Gasteiger partial charge in [-0.2, -0.15) is 0 Å². The predicted octanol–water partition coefficient (Wildman–Crippen LogP) is 6.48. The molecule has 0 amide bonds. The quantitative estimate of drug-likeness (QED) is 0.277. The Morgan fingerprint density at radius 3 is 2.32 bits per heavy atom. The minimum absolute atomic E-state index is 0.375. The highest BCUT2D eigenvalue weighted by molar-refractivity contribution is 5.80. The van der Waals surface area contributed by atoms with E-state index in [1.165, 1.54) is 38.4 Å². The van der Waals surface area contributed by atoms with Crippen LogP contribution in [0.1, 0.15) is 70.8 Å². The molecule has 0 N–H and O–H groups in total. The van der Waals surface area contributed by atoms with Crippen molar-refractivity contribution in [2.75, 3.05) is 7.11 Å². The average molecular weight is 387 g/mol. The number of ketones is 1. The van der Waals surface area contributed by atoms with E-state index >= 15 is 0 Å². The SMILES string of the molecule is C/C=C\CCCC.COC=O.O=C1CCC(/C=C/CCCc2ccccc2)C1. The number of aryl methyl sites for hydroxylation is 1. The molecule has 0 heterocycles. The van der Waals surface area contributed by atoms with E-state index in [9.17, 15) is 4.79 Å². The third kappa shape index (κ3) is 16.0. The molecule has 1 saturated carbocycles. The van der Waals surface area contributed by atoms with Crippen molar-refractivity contribution in [3.8, 4) is 0 Å². The van der Waals surface area contributed by atoms with Crippen LogP contribution in [0.4, 0.5) is 0 Å². The van der Waals surface area contributed by atoms with Crippen molar-refractivity contribution in [3.63, 3.8) is 0 Å². The van der Waals surface area contributed by atoms with Gasteiger partial charge < -0.3 is 4.74 Å². The first-order valence-corrected chi connectivity index (χ1v) is 10.5. The smallest absolute Gasteiger partial charge is 0.292 e. The van der Waals surface area contributed by atoms with Crippen molar-refractivity contribution in [3.05, 3.63) is 60.2 Å². The van der Waals surface area contributed by atoms with Crippen LogP contribution in [0, 0.1) is 5.92 Å². The topological polar surface area (TPSA) is 43.4 Å². The first-order chi connectivity index (χ1) is 13.7. The second-order valence-corrected chi connectivity index (χ2v) is 6.89. The lowest BCUT2D eigenvalue weighted by Gasteiger charge is -2.00. The standard InChI is InChI=1S/C16H20O.C7H14.C2H4O2/c17-16-12-11-15(13-16)10-6-2-5-9-14-7-3-1-4-8-14;1-3-5-7-6-4-2;1-4-2-3/h1,3-4,6-8,10,15H,2,5,9,11-13H2;3,5H,4,6-7H2,1-2H3;2H,1H3/b10-6+;5-3-;. The summed E-state index contributed by atoms with van der Waals surface area (Å²) in [5.41, 5.74) is 1.41.